The second kappa shape index (κ2) is 11.1. The van der Waals surface area contributed by atoms with Crippen LogP contribution in [0, 0.1) is 6.92 Å². The number of fused-ring (bicyclic) bond motifs is 1. The number of morpholine rings is 1. The van der Waals surface area contributed by atoms with Gasteiger partial charge in [-0.1, -0.05) is 6.08 Å². The lowest BCUT2D eigenvalue weighted by Gasteiger charge is -2.34. The fraction of sp³-hybridized carbons (Fsp3) is 0.417. The summed E-state index contributed by atoms with van der Waals surface area (Å²) in [6, 6.07) is 1.72. The maximum Gasteiger partial charge on any atom is 0.260 e. The van der Waals surface area contributed by atoms with Crippen LogP contribution in [0.3, 0.4) is 0 Å². The van der Waals surface area contributed by atoms with E-state index < -0.39 is 0 Å². The van der Waals surface area contributed by atoms with Gasteiger partial charge in [0.1, 0.15) is 4.83 Å². The van der Waals surface area contributed by atoms with Gasteiger partial charge in [-0.05, 0) is 32.9 Å². The zero-order chi connectivity index (χ0) is 24.9. The number of anilines is 2. The standard InChI is InChI=1S/C24H30N6O4S/c1-15-11-29(12-16(2)34-15)14-22(31)27-18-8-21(17(3)25-9-18)28-23(32)20-10-26-30-13-19(35-24(20)30)6-5-7-33-4/h5-6,8-10,13,15-16H,7,11-12,14H2,1-4H3,(H,27,31)(H,28,32)/b6-5+/t15-,16-/m0/s1. The molecule has 2 atom stereocenters. The fourth-order valence-corrected chi connectivity index (χ4v) is 5.02. The zero-order valence-electron chi connectivity index (χ0n) is 20.3. The summed E-state index contributed by atoms with van der Waals surface area (Å²) in [5.41, 5.74) is 2.15. The van der Waals surface area contributed by atoms with Crippen LogP contribution in [0.4, 0.5) is 11.4 Å². The number of rotatable bonds is 8. The highest BCUT2D eigenvalue weighted by molar-refractivity contribution is 7.18. The third kappa shape index (κ3) is 6.31. The normalized spacial score (nSPS) is 18.9. The summed E-state index contributed by atoms with van der Waals surface area (Å²) in [4.78, 5) is 33.8. The van der Waals surface area contributed by atoms with Crippen LogP contribution in [-0.4, -0.2) is 76.9 Å². The number of hydrogen-bond donors (Lipinski definition) is 2. The number of nitrogens with zero attached hydrogens (tertiary/aromatic N) is 4. The smallest absolute Gasteiger partial charge is 0.260 e. The lowest BCUT2D eigenvalue weighted by Crippen LogP contribution is -2.48. The second-order valence-corrected chi connectivity index (χ2v) is 9.67. The zero-order valence-corrected chi connectivity index (χ0v) is 21.1. The molecule has 0 bridgehead atoms. The van der Waals surface area contributed by atoms with Gasteiger partial charge in [-0.15, -0.1) is 11.3 Å². The van der Waals surface area contributed by atoms with Crippen molar-refractivity contribution < 1.29 is 19.1 Å². The summed E-state index contributed by atoms with van der Waals surface area (Å²) < 4.78 is 12.4. The number of carbonyl (C=O) groups is 2. The summed E-state index contributed by atoms with van der Waals surface area (Å²) in [5, 5.41) is 10.1. The number of ether oxygens (including phenoxy) is 2. The molecular formula is C24H30N6O4S. The predicted molar refractivity (Wildman–Crippen MR) is 136 cm³/mol. The van der Waals surface area contributed by atoms with Crippen molar-refractivity contribution in [1.29, 1.82) is 0 Å². The van der Waals surface area contributed by atoms with Gasteiger partial charge in [-0.25, -0.2) is 4.52 Å². The lowest BCUT2D eigenvalue weighted by atomic mass is 10.2. The van der Waals surface area contributed by atoms with Crippen molar-refractivity contribution in [2.45, 2.75) is 33.0 Å². The molecular weight excluding hydrogens is 468 g/mol. The Hall–Kier alpha value is -3.12. The number of methoxy groups -OCH3 is 1. The maximum atomic E-state index is 13.0. The molecule has 2 amide bonds. The fourth-order valence-electron chi connectivity index (χ4n) is 4.03. The van der Waals surface area contributed by atoms with Crippen molar-refractivity contribution in [2.24, 2.45) is 0 Å². The van der Waals surface area contributed by atoms with E-state index in [4.69, 9.17) is 9.47 Å². The molecule has 1 aliphatic rings. The van der Waals surface area contributed by atoms with Gasteiger partial charge >= 0.3 is 0 Å². The molecule has 0 spiro atoms. The van der Waals surface area contributed by atoms with Crippen LogP contribution in [0.2, 0.25) is 0 Å². The van der Waals surface area contributed by atoms with Gasteiger partial charge < -0.3 is 20.1 Å². The highest BCUT2D eigenvalue weighted by Gasteiger charge is 2.24. The quantitative estimate of drug-likeness (QED) is 0.491. The number of pyridine rings is 1. The SMILES string of the molecule is COC/C=C/c1cn2ncc(C(=O)Nc3cc(NC(=O)CN4C[C@H](C)O[C@@H](C)C4)cnc3C)c2s1. The molecule has 11 heteroatoms. The van der Waals surface area contributed by atoms with Crippen LogP contribution in [0.1, 0.15) is 34.8 Å². The third-order valence-electron chi connectivity index (χ3n) is 5.48. The highest BCUT2D eigenvalue weighted by atomic mass is 32.1. The number of carbonyl (C=O) groups excluding carboxylic acids is 2. The van der Waals surface area contributed by atoms with E-state index in [0.29, 0.717) is 42.3 Å². The molecule has 1 saturated heterocycles. The molecule has 3 aromatic heterocycles. The highest BCUT2D eigenvalue weighted by Crippen LogP contribution is 2.25. The Labute approximate surface area is 207 Å². The lowest BCUT2D eigenvalue weighted by molar-refractivity contribution is -0.121. The summed E-state index contributed by atoms with van der Waals surface area (Å²) in [6.07, 6.45) is 9.01. The number of aryl methyl sites for hydroxylation is 1. The average Bonchev–Trinajstić information content (AvgIpc) is 3.36. The Kier molecular flexibility index (Phi) is 7.91. The van der Waals surface area contributed by atoms with Crippen molar-refractivity contribution in [2.75, 3.05) is 44.0 Å². The number of thiazole rings is 1. The van der Waals surface area contributed by atoms with Gasteiger partial charge in [0.2, 0.25) is 5.91 Å². The molecule has 186 valence electrons. The van der Waals surface area contributed by atoms with Crippen LogP contribution in [0.25, 0.3) is 10.9 Å². The van der Waals surface area contributed by atoms with E-state index in [1.54, 1.807) is 37.0 Å². The first kappa shape index (κ1) is 25.0. The summed E-state index contributed by atoms with van der Waals surface area (Å²) >= 11 is 1.46. The molecule has 0 unspecified atom stereocenters. The summed E-state index contributed by atoms with van der Waals surface area (Å²) in [7, 11) is 1.64. The van der Waals surface area contributed by atoms with Crippen molar-refractivity contribution in [1.82, 2.24) is 19.5 Å². The van der Waals surface area contributed by atoms with E-state index in [-0.39, 0.29) is 30.6 Å². The summed E-state index contributed by atoms with van der Waals surface area (Å²) in [5.74, 6) is -0.431. The van der Waals surface area contributed by atoms with Crippen LogP contribution >= 0.6 is 11.3 Å². The molecule has 3 aromatic rings. The average molecular weight is 499 g/mol. The van der Waals surface area contributed by atoms with Crippen LogP contribution in [0.15, 0.2) is 30.7 Å². The van der Waals surface area contributed by atoms with E-state index in [0.717, 1.165) is 9.71 Å². The number of amides is 2. The molecule has 0 saturated carbocycles. The van der Waals surface area contributed by atoms with Gasteiger partial charge in [0.05, 0.1) is 60.4 Å². The molecule has 4 heterocycles. The van der Waals surface area contributed by atoms with Gasteiger partial charge in [0.15, 0.2) is 0 Å². The number of aromatic nitrogens is 3. The first-order valence-electron chi connectivity index (χ1n) is 11.4. The van der Waals surface area contributed by atoms with Crippen molar-refractivity contribution in [3.63, 3.8) is 0 Å². The topological polar surface area (TPSA) is 110 Å². The predicted octanol–water partition coefficient (Wildman–Crippen LogP) is 3.06. The number of nitrogens with one attached hydrogen (secondary N) is 2. The maximum absolute atomic E-state index is 13.0. The molecule has 1 fully saturated rings. The molecule has 10 nitrogen and oxygen atoms in total. The Morgan fingerprint density at radius 2 is 2.03 bits per heavy atom. The molecule has 2 N–H and O–H groups in total. The van der Waals surface area contributed by atoms with Gasteiger partial charge in [-0.2, -0.15) is 5.10 Å². The minimum absolute atomic E-state index is 0.0884. The Balaban J connectivity index is 1.42. The molecule has 0 aromatic carbocycles. The monoisotopic (exact) mass is 498 g/mol. The van der Waals surface area contributed by atoms with Crippen molar-refractivity contribution in [3.8, 4) is 0 Å². The van der Waals surface area contributed by atoms with Gasteiger partial charge in [0.25, 0.3) is 5.91 Å². The van der Waals surface area contributed by atoms with E-state index in [1.165, 1.54) is 11.3 Å². The van der Waals surface area contributed by atoms with E-state index in [2.05, 4.69) is 25.6 Å². The molecule has 35 heavy (non-hydrogen) atoms. The Morgan fingerprint density at radius 3 is 2.77 bits per heavy atom. The van der Waals surface area contributed by atoms with E-state index in [1.807, 2.05) is 32.2 Å². The van der Waals surface area contributed by atoms with E-state index in [9.17, 15) is 9.59 Å². The first-order chi connectivity index (χ1) is 16.8. The minimum Gasteiger partial charge on any atom is -0.381 e. The molecule has 1 aliphatic heterocycles. The Morgan fingerprint density at radius 1 is 1.26 bits per heavy atom. The van der Waals surface area contributed by atoms with Crippen LogP contribution in [0.5, 0.6) is 0 Å². The summed E-state index contributed by atoms with van der Waals surface area (Å²) in [6.45, 7) is 8.00. The minimum atomic E-state index is -0.293. The molecule has 0 radical (unpaired) electrons. The third-order valence-corrected chi connectivity index (χ3v) is 6.56. The second-order valence-electron chi connectivity index (χ2n) is 8.61. The largest absolute Gasteiger partial charge is 0.381 e. The van der Waals surface area contributed by atoms with E-state index >= 15 is 0 Å². The van der Waals surface area contributed by atoms with Gasteiger partial charge in [-0.3, -0.25) is 19.5 Å². The molecule has 4 rings (SSSR count). The Bertz CT molecular complexity index is 1230. The van der Waals surface area contributed by atoms with Crippen molar-refractivity contribution in [3.05, 3.63) is 46.9 Å². The van der Waals surface area contributed by atoms with Crippen LogP contribution < -0.4 is 10.6 Å². The van der Waals surface area contributed by atoms with Crippen molar-refractivity contribution >= 4 is 45.4 Å². The van der Waals surface area contributed by atoms with Gasteiger partial charge in [0, 0.05) is 31.3 Å². The number of hydrogen-bond acceptors (Lipinski definition) is 8. The molecule has 0 aliphatic carbocycles. The first-order valence-corrected chi connectivity index (χ1v) is 12.2. The van der Waals surface area contributed by atoms with Crippen LogP contribution in [-0.2, 0) is 14.3 Å².